The third-order valence-electron chi connectivity index (χ3n) is 6.53. The Bertz CT molecular complexity index is 1080. The second kappa shape index (κ2) is 15.3. The first-order chi connectivity index (χ1) is 19.1. The molecule has 0 aliphatic carbocycles. The number of carbonyl (C=O) groups is 3. The summed E-state index contributed by atoms with van der Waals surface area (Å²) in [5, 5.41) is 2.59. The second-order valence-corrected chi connectivity index (χ2v) is 11.0. The Hall–Kier alpha value is -3.59. The van der Waals surface area contributed by atoms with Gasteiger partial charge < -0.3 is 24.3 Å². The van der Waals surface area contributed by atoms with Crippen molar-refractivity contribution >= 4 is 18.0 Å². The van der Waals surface area contributed by atoms with Crippen LogP contribution in [0.15, 0.2) is 54.6 Å². The van der Waals surface area contributed by atoms with E-state index in [4.69, 9.17) is 18.9 Å². The van der Waals surface area contributed by atoms with E-state index >= 15 is 0 Å². The maximum atomic E-state index is 12.7. The Morgan fingerprint density at radius 3 is 2.23 bits per heavy atom. The van der Waals surface area contributed by atoms with Crippen molar-refractivity contribution in [2.24, 2.45) is 0 Å². The number of nitrogens with one attached hydrogen (secondary N) is 1. The maximum absolute atomic E-state index is 12.7. The first-order valence-electron chi connectivity index (χ1n) is 13.9. The predicted octanol–water partition coefficient (Wildman–Crippen LogP) is 4.66. The molecule has 40 heavy (non-hydrogen) atoms. The van der Waals surface area contributed by atoms with Crippen LogP contribution in [0.5, 0.6) is 5.75 Å². The highest BCUT2D eigenvalue weighted by molar-refractivity contribution is 5.81. The number of benzene rings is 2. The lowest BCUT2D eigenvalue weighted by Gasteiger charge is -2.34. The normalized spacial score (nSPS) is 15.4. The Morgan fingerprint density at radius 1 is 0.925 bits per heavy atom. The summed E-state index contributed by atoms with van der Waals surface area (Å²) in [6, 6.07) is 16.0. The molecule has 1 aliphatic rings. The van der Waals surface area contributed by atoms with Gasteiger partial charge >= 0.3 is 18.0 Å². The number of methoxy groups -OCH3 is 1. The number of hydrogen-bond acceptors (Lipinski definition) is 8. The van der Waals surface area contributed by atoms with Crippen molar-refractivity contribution in [3.05, 3.63) is 65.7 Å². The number of amides is 1. The maximum Gasteiger partial charge on any atom is 0.408 e. The van der Waals surface area contributed by atoms with Crippen molar-refractivity contribution in [1.29, 1.82) is 0 Å². The van der Waals surface area contributed by atoms with E-state index in [1.807, 2.05) is 54.6 Å². The van der Waals surface area contributed by atoms with Crippen LogP contribution < -0.4 is 10.1 Å². The Balaban J connectivity index is 1.57. The third-order valence-corrected chi connectivity index (χ3v) is 6.53. The van der Waals surface area contributed by atoms with Crippen LogP contribution in [0, 0.1) is 0 Å². The van der Waals surface area contributed by atoms with E-state index in [0.29, 0.717) is 12.4 Å². The number of esters is 2. The standard InChI is InChI=1S/C31H42N2O7/c1-31(2,3)40-30(36)32-27(29(35)37-4)19-23-13-15-26(16-14-23)38-22-25(33-17-9-6-10-18-33)20-28(34)39-21-24-11-7-5-8-12-24/h5,7-8,11-16,25,27H,6,9-10,17-22H2,1-4H3,(H,32,36). The molecular formula is C31H42N2O7. The smallest absolute Gasteiger partial charge is 0.408 e. The summed E-state index contributed by atoms with van der Waals surface area (Å²) in [5.41, 5.74) is 1.09. The van der Waals surface area contributed by atoms with Gasteiger partial charge in [0.2, 0.25) is 0 Å². The van der Waals surface area contributed by atoms with E-state index in [2.05, 4.69) is 10.2 Å². The summed E-state index contributed by atoms with van der Waals surface area (Å²) in [4.78, 5) is 39.5. The Labute approximate surface area is 237 Å². The molecule has 0 bridgehead atoms. The lowest BCUT2D eigenvalue weighted by Crippen LogP contribution is -2.45. The molecule has 2 aromatic carbocycles. The molecule has 1 N–H and O–H groups in total. The number of piperidine rings is 1. The molecule has 0 spiro atoms. The van der Waals surface area contributed by atoms with Gasteiger partial charge in [0.15, 0.2) is 0 Å². The van der Waals surface area contributed by atoms with E-state index in [0.717, 1.165) is 37.1 Å². The molecule has 1 saturated heterocycles. The number of rotatable bonds is 12. The molecule has 0 saturated carbocycles. The lowest BCUT2D eigenvalue weighted by atomic mass is 10.1. The highest BCUT2D eigenvalue weighted by Crippen LogP contribution is 2.19. The summed E-state index contributed by atoms with van der Waals surface area (Å²) in [7, 11) is 1.28. The number of ether oxygens (including phenoxy) is 4. The predicted molar refractivity (Wildman–Crippen MR) is 151 cm³/mol. The Kier molecular flexibility index (Phi) is 11.8. The van der Waals surface area contributed by atoms with Gasteiger partial charge in [-0.3, -0.25) is 9.69 Å². The average molecular weight is 555 g/mol. The third kappa shape index (κ3) is 10.9. The molecule has 9 heteroatoms. The van der Waals surface area contributed by atoms with Crippen molar-refractivity contribution in [2.45, 2.75) is 77.2 Å². The van der Waals surface area contributed by atoms with Gasteiger partial charge in [0.25, 0.3) is 0 Å². The fourth-order valence-electron chi connectivity index (χ4n) is 4.50. The first kappa shape index (κ1) is 30.9. The molecule has 3 rings (SSSR count). The van der Waals surface area contributed by atoms with Crippen LogP contribution in [0.25, 0.3) is 0 Å². The van der Waals surface area contributed by atoms with Crippen LogP contribution in [0.1, 0.15) is 57.6 Å². The monoisotopic (exact) mass is 554 g/mol. The number of hydrogen-bond donors (Lipinski definition) is 1. The quantitative estimate of drug-likeness (QED) is 0.299. The van der Waals surface area contributed by atoms with Crippen LogP contribution >= 0.6 is 0 Å². The summed E-state index contributed by atoms with van der Waals surface area (Å²) in [6.07, 6.45) is 3.19. The van der Waals surface area contributed by atoms with Gasteiger partial charge in [-0.25, -0.2) is 9.59 Å². The molecule has 218 valence electrons. The minimum absolute atomic E-state index is 0.0926. The molecule has 2 unspecified atom stereocenters. The zero-order valence-electron chi connectivity index (χ0n) is 24.0. The topological polar surface area (TPSA) is 103 Å². The summed E-state index contributed by atoms with van der Waals surface area (Å²) in [6.45, 7) is 7.72. The van der Waals surface area contributed by atoms with E-state index in [1.54, 1.807) is 20.8 Å². The lowest BCUT2D eigenvalue weighted by molar-refractivity contribution is -0.147. The second-order valence-electron chi connectivity index (χ2n) is 11.0. The van der Waals surface area contributed by atoms with Crippen molar-refractivity contribution in [2.75, 3.05) is 26.8 Å². The van der Waals surface area contributed by atoms with Crippen molar-refractivity contribution in [3.8, 4) is 5.75 Å². The molecule has 2 atom stereocenters. The fraction of sp³-hybridized carbons (Fsp3) is 0.516. The molecule has 1 fully saturated rings. The molecule has 2 aromatic rings. The van der Waals surface area contributed by atoms with E-state index in [9.17, 15) is 14.4 Å². The number of nitrogens with zero attached hydrogens (tertiary/aromatic N) is 1. The van der Waals surface area contributed by atoms with Crippen molar-refractivity contribution in [1.82, 2.24) is 10.2 Å². The summed E-state index contributed by atoms with van der Waals surface area (Å²) >= 11 is 0. The zero-order valence-corrected chi connectivity index (χ0v) is 24.0. The highest BCUT2D eigenvalue weighted by atomic mass is 16.6. The summed E-state index contributed by atoms with van der Waals surface area (Å²) < 4.78 is 21.8. The largest absolute Gasteiger partial charge is 0.492 e. The average Bonchev–Trinajstić information content (AvgIpc) is 2.94. The summed E-state index contributed by atoms with van der Waals surface area (Å²) in [5.74, 6) is -0.155. The molecule has 1 heterocycles. The van der Waals surface area contributed by atoms with Crippen LogP contribution in [-0.4, -0.2) is 67.4 Å². The highest BCUT2D eigenvalue weighted by Gasteiger charge is 2.26. The van der Waals surface area contributed by atoms with Gasteiger partial charge in [0, 0.05) is 6.42 Å². The molecule has 1 amide bonds. The van der Waals surface area contributed by atoms with E-state index in [-0.39, 0.29) is 31.5 Å². The molecule has 1 aliphatic heterocycles. The number of alkyl carbamates (subject to hydrolysis) is 1. The van der Waals surface area contributed by atoms with E-state index in [1.165, 1.54) is 13.5 Å². The van der Waals surface area contributed by atoms with Gasteiger partial charge in [0.05, 0.1) is 19.6 Å². The minimum Gasteiger partial charge on any atom is -0.492 e. The van der Waals surface area contributed by atoms with Gasteiger partial charge in [-0.2, -0.15) is 0 Å². The van der Waals surface area contributed by atoms with Crippen LogP contribution in [0.2, 0.25) is 0 Å². The van der Waals surface area contributed by atoms with Gasteiger partial charge in [-0.05, 0) is 70.0 Å². The van der Waals surface area contributed by atoms with Gasteiger partial charge in [0.1, 0.15) is 30.6 Å². The molecule has 0 aromatic heterocycles. The fourth-order valence-corrected chi connectivity index (χ4v) is 4.50. The SMILES string of the molecule is COC(=O)C(Cc1ccc(OCC(CC(=O)OCc2ccccc2)N2CCCCC2)cc1)NC(=O)OC(C)(C)C. The van der Waals surface area contributed by atoms with Crippen LogP contribution in [-0.2, 0) is 36.8 Å². The molecule has 0 radical (unpaired) electrons. The van der Waals surface area contributed by atoms with Crippen molar-refractivity contribution < 1.29 is 33.3 Å². The Morgan fingerprint density at radius 2 is 1.60 bits per heavy atom. The van der Waals surface area contributed by atoms with E-state index < -0.39 is 23.7 Å². The zero-order chi connectivity index (χ0) is 29.0. The minimum atomic E-state index is -0.892. The first-order valence-corrected chi connectivity index (χ1v) is 13.9. The van der Waals surface area contributed by atoms with Crippen LogP contribution in [0.4, 0.5) is 4.79 Å². The van der Waals surface area contributed by atoms with Gasteiger partial charge in [-0.1, -0.05) is 48.9 Å². The van der Waals surface area contributed by atoms with Gasteiger partial charge in [-0.15, -0.1) is 0 Å². The molecule has 9 nitrogen and oxygen atoms in total. The number of likely N-dealkylation sites (tertiary alicyclic amines) is 1. The molecular weight excluding hydrogens is 512 g/mol. The van der Waals surface area contributed by atoms with Crippen LogP contribution in [0.3, 0.4) is 0 Å². The number of carbonyl (C=O) groups excluding carboxylic acids is 3. The van der Waals surface area contributed by atoms with Crippen molar-refractivity contribution in [3.63, 3.8) is 0 Å².